The lowest BCUT2D eigenvalue weighted by Gasteiger charge is -2.20. The Balaban J connectivity index is 3.97. The first-order chi connectivity index (χ1) is 9.26. The quantitative estimate of drug-likeness (QED) is 0.598. The molecule has 0 radical (unpaired) electrons. The molecule has 2 amide bonds. The number of hydrogen-bond acceptors (Lipinski definition) is 4. The van der Waals surface area contributed by atoms with E-state index in [1.54, 1.807) is 0 Å². The van der Waals surface area contributed by atoms with Gasteiger partial charge in [-0.15, -0.1) is 0 Å². The van der Waals surface area contributed by atoms with Crippen LogP contribution < -0.4 is 5.32 Å². The maximum Gasteiger partial charge on any atom is 0.411 e. The van der Waals surface area contributed by atoms with E-state index in [1.165, 1.54) is 7.11 Å². The average molecular weight is 302 g/mol. The number of carbonyl (C=O) groups excluding carboxylic acids is 1. The Morgan fingerprint density at radius 3 is 2.45 bits per heavy atom. The molecule has 0 aliphatic rings. The number of carboxylic acids is 1. The highest BCUT2D eigenvalue weighted by atomic mass is 19.4. The van der Waals surface area contributed by atoms with E-state index in [2.05, 4.69) is 10.1 Å². The van der Waals surface area contributed by atoms with E-state index in [-0.39, 0.29) is 26.3 Å². The molecule has 7 nitrogen and oxygen atoms in total. The molecule has 20 heavy (non-hydrogen) atoms. The Morgan fingerprint density at radius 1 is 1.30 bits per heavy atom. The number of methoxy groups -OCH3 is 1. The summed E-state index contributed by atoms with van der Waals surface area (Å²) in [5.41, 5.74) is 0. The Kier molecular flexibility index (Phi) is 8.64. The maximum atomic E-state index is 11.8. The van der Waals surface area contributed by atoms with Crippen LogP contribution in [0.3, 0.4) is 0 Å². The fourth-order valence-electron chi connectivity index (χ4n) is 1.15. The highest BCUT2D eigenvalue weighted by molar-refractivity contribution is 5.80. The van der Waals surface area contributed by atoms with Crippen molar-refractivity contribution in [2.75, 3.05) is 46.6 Å². The molecule has 0 saturated heterocycles. The first-order valence-corrected chi connectivity index (χ1v) is 5.64. The normalized spacial score (nSPS) is 11.2. The van der Waals surface area contributed by atoms with Crippen molar-refractivity contribution in [3.8, 4) is 0 Å². The van der Waals surface area contributed by atoms with Crippen molar-refractivity contribution >= 4 is 12.0 Å². The van der Waals surface area contributed by atoms with Crippen molar-refractivity contribution in [3.05, 3.63) is 0 Å². The molecule has 118 valence electrons. The molecule has 0 aliphatic heterocycles. The number of hydrogen-bond donors (Lipinski definition) is 2. The zero-order valence-corrected chi connectivity index (χ0v) is 10.9. The van der Waals surface area contributed by atoms with Gasteiger partial charge in [0.2, 0.25) is 0 Å². The van der Waals surface area contributed by atoms with Crippen molar-refractivity contribution < 1.29 is 37.3 Å². The van der Waals surface area contributed by atoms with Gasteiger partial charge in [-0.2, -0.15) is 13.2 Å². The number of carboxylic acid groups (broad SMARTS) is 1. The van der Waals surface area contributed by atoms with Crippen LogP contribution in [0.1, 0.15) is 0 Å². The molecule has 0 atom stereocenters. The highest BCUT2D eigenvalue weighted by Crippen LogP contribution is 2.13. The number of nitrogens with one attached hydrogen (secondary N) is 1. The van der Waals surface area contributed by atoms with E-state index in [1.807, 2.05) is 0 Å². The fraction of sp³-hybridized carbons (Fsp3) is 0.800. The van der Waals surface area contributed by atoms with Crippen LogP contribution in [0.15, 0.2) is 0 Å². The zero-order valence-electron chi connectivity index (χ0n) is 10.9. The summed E-state index contributed by atoms with van der Waals surface area (Å²) in [6, 6.07) is -0.708. The van der Waals surface area contributed by atoms with E-state index in [4.69, 9.17) is 9.84 Å². The lowest BCUT2D eigenvalue weighted by Crippen LogP contribution is -2.45. The van der Waals surface area contributed by atoms with Crippen molar-refractivity contribution in [3.63, 3.8) is 0 Å². The smallest absolute Gasteiger partial charge is 0.411 e. The Labute approximate surface area is 113 Å². The summed E-state index contributed by atoms with van der Waals surface area (Å²) in [6.07, 6.45) is -4.42. The molecule has 0 fully saturated rings. The minimum Gasteiger partial charge on any atom is -0.480 e. The van der Waals surface area contributed by atoms with Crippen LogP contribution in [0.25, 0.3) is 0 Å². The largest absolute Gasteiger partial charge is 0.480 e. The summed E-state index contributed by atoms with van der Waals surface area (Å²) in [5, 5.41) is 10.9. The summed E-state index contributed by atoms with van der Waals surface area (Å²) in [6.45, 7) is -2.21. The molecule has 0 aliphatic carbocycles. The molecule has 2 N–H and O–H groups in total. The van der Waals surface area contributed by atoms with Gasteiger partial charge in [0, 0.05) is 20.2 Å². The third kappa shape index (κ3) is 10.4. The molecule has 0 aromatic heterocycles. The molecule has 10 heteroatoms. The van der Waals surface area contributed by atoms with E-state index in [9.17, 15) is 22.8 Å². The standard InChI is InChI=1S/C10H17F3N2O5/c1-19-5-3-15(6-8(16)17)9(18)14-2-4-20-7-10(11,12)13/h2-7H2,1H3,(H,14,18)(H,16,17). The SMILES string of the molecule is COCCN(CC(=O)O)C(=O)NCCOCC(F)(F)F. The number of nitrogens with zero attached hydrogens (tertiary/aromatic N) is 1. The molecule has 0 saturated carbocycles. The van der Waals surface area contributed by atoms with Gasteiger partial charge in [-0.05, 0) is 0 Å². The van der Waals surface area contributed by atoms with Crippen LogP contribution in [0.2, 0.25) is 0 Å². The summed E-state index contributed by atoms with van der Waals surface area (Å²) < 4.78 is 44.3. The van der Waals surface area contributed by atoms with E-state index < -0.39 is 31.3 Å². The molecular weight excluding hydrogens is 285 g/mol. The highest BCUT2D eigenvalue weighted by Gasteiger charge is 2.27. The molecule has 0 aromatic rings. The summed E-state index contributed by atoms with van der Waals surface area (Å²) in [7, 11) is 1.39. The fourth-order valence-corrected chi connectivity index (χ4v) is 1.15. The molecule has 0 spiro atoms. The molecule has 0 aromatic carbocycles. The number of aliphatic carboxylic acids is 1. The van der Waals surface area contributed by atoms with Gasteiger partial charge in [0.1, 0.15) is 13.2 Å². The number of ether oxygens (including phenoxy) is 2. The van der Waals surface area contributed by atoms with Crippen molar-refractivity contribution in [2.24, 2.45) is 0 Å². The number of urea groups is 1. The minimum absolute atomic E-state index is 0.0536. The van der Waals surface area contributed by atoms with Gasteiger partial charge in [0.05, 0.1) is 13.2 Å². The molecule has 0 heterocycles. The number of alkyl halides is 3. The van der Waals surface area contributed by atoms with Gasteiger partial charge in [-0.3, -0.25) is 4.79 Å². The van der Waals surface area contributed by atoms with Crippen molar-refractivity contribution in [2.45, 2.75) is 6.18 Å². The van der Waals surface area contributed by atoms with Gasteiger partial charge >= 0.3 is 18.2 Å². The van der Waals surface area contributed by atoms with Crippen LogP contribution in [0.4, 0.5) is 18.0 Å². The second-order valence-corrected chi connectivity index (χ2v) is 3.71. The maximum absolute atomic E-state index is 11.8. The zero-order chi connectivity index (χ0) is 15.6. The second-order valence-electron chi connectivity index (χ2n) is 3.71. The second kappa shape index (κ2) is 9.37. The minimum atomic E-state index is -4.42. The number of halogens is 3. The first-order valence-electron chi connectivity index (χ1n) is 5.64. The van der Waals surface area contributed by atoms with Gasteiger partial charge in [0.25, 0.3) is 0 Å². The van der Waals surface area contributed by atoms with Crippen LogP contribution in [0, 0.1) is 0 Å². The first kappa shape index (κ1) is 18.4. The third-order valence-electron chi connectivity index (χ3n) is 1.97. The van der Waals surface area contributed by atoms with E-state index >= 15 is 0 Å². The summed E-state index contributed by atoms with van der Waals surface area (Å²) in [4.78, 5) is 23.1. The lowest BCUT2D eigenvalue weighted by molar-refractivity contribution is -0.173. The van der Waals surface area contributed by atoms with Crippen molar-refractivity contribution in [1.82, 2.24) is 10.2 Å². The van der Waals surface area contributed by atoms with Crippen molar-refractivity contribution in [1.29, 1.82) is 0 Å². The Morgan fingerprint density at radius 2 is 1.95 bits per heavy atom. The number of rotatable bonds is 9. The van der Waals surface area contributed by atoms with Crippen LogP contribution in [-0.4, -0.2) is 74.7 Å². The Hall–Kier alpha value is -1.55. The Bertz CT molecular complexity index is 312. The van der Waals surface area contributed by atoms with E-state index in [0.29, 0.717) is 0 Å². The average Bonchev–Trinajstić information content (AvgIpc) is 2.31. The number of amides is 2. The molecule has 0 rings (SSSR count). The molecule has 0 bridgehead atoms. The van der Waals surface area contributed by atoms with Crippen LogP contribution in [-0.2, 0) is 14.3 Å². The van der Waals surface area contributed by atoms with Crippen LogP contribution in [0.5, 0.6) is 0 Å². The summed E-state index contributed by atoms with van der Waals surface area (Å²) in [5.74, 6) is -1.20. The van der Waals surface area contributed by atoms with Gasteiger partial charge < -0.3 is 24.8 Å². The van der Waals surface area contributed by atoms with E-state index in [0.717, 1.165) is 4.90 Å². The van der Waals surface area contributed by atoms with Gasteiger partial charge in [0.15, 0.2) is 0 Å². The molecule has 0 unspecified atom stereocenters. The predicted octanol–water partition coefficient (Wildman–Crippen LogP) is 0.308. The third-order valence-corrected chi connectivity index (χ3v) is 1.97. The predicted molar refractivity (Wildman–Crippen MR) is 61.4 cm³/mol. The topological polar surface area (TPSA) is 88.1 Å². The summed E-state index contributed by atoms with van der Waals surface area (Å²) >= 11 is 0. The monoisotopic (exact) mass is 302 g/mol. The van der Waals surface area contributed by atoms with Gasteiger partial charge in [-0.1, -0.05) is 0 Å². The van der Waals surface area contributed by atoms with Gasteiger partial charge in [-0.25, -0.2) is 4.79 Å². The lowest BCUT2D eigenvalue weighted by atomic mass is 10.5. The van der Waals surface area contributed by atoms with Crippen LogP contribution >= 0.6 is 0 Å². The number of carbonyl (C=O) groups is 2. The molecular formula is C10H17F3N2O5.